The highest BCUT2D eigenvalue weighted by molar-refractivity contribution is 6.29. The van der Waals surface area contributed by atoms with E-state index in [0.29, 0.717) is 6.07 Å². The summed E-state index contributed by atoms with van der Waals surface area (Å²) in [5.74, 6) is -2.59. The van der Waals surface area contributed by atoms with Crippen molar-refractivity contribution in [1.82, 2.24) is 9.97 Å². The van der Waals surface area contributed by atoms with Gasteiger partial charge < -0.3 is 0 Å². The molecule has 0 bridgehead atoms. The van der Waals surface area contributed by atoms with Gasteiger partial charge in [-0.1, -0.05) is 11.6 Å². The van der Waals surface area contributed by atoms with Crippen molar-refractivity contribution in [2.24, 2.45) is 0 Å². The summed E-state index contributed by atoms with van der Waals surface area (Å²) in [6, 6.07) is 2.74. The number of benzene rings is 1. The zero-order valence-corrected chi connectivity index (χ0v) is 8.47. The fourth-order valence-corrected chi connectivity index (χ4v) is 1.35. The lowest BCUT2D eigenvalue weighted by atomic mass is 10.1. The Labute approximate surface area is 93.7 Å². The van der Waals surface area contributed by atoms with E-state index in [-0.39, 0.29) is 11.3 Å². The van der Waals surface area contributed by atoms with Crippen LogP contribution in [0, 0.1) is 17.5 Å². The van der Waals surface area contributed by atoms with Crippen LogP contribution in [0.3, 0.4) is 0 Å². The van der Waals surface area contributed by atoms with Gasteiger partial charge in [-0.25, -0.2) is 23.1 Å². The van der Waals surface area contributed by atoms with Crippen LogP contribution >= 0.6 is 11.6 Å². The lowest BCUT2D eigenvalue weighted by molar-refractivity contribution is 0.580. The van der Waals surface area contributed by atoms with E-state index in [1.807, 2.05) is 0 Å². The average Bonchev–Trinajstić information content (AvgIpc) is 2.23. The molecule has 2 aromatic rings. The van der Waals surface area contributed by atoms with E-state index in [2.05, 4.69) is 9.97 Å². The maximum atomic E-state index is 13.5. The van der Waals surface area contributed by atoms with Crippen LogP contribution in [-0.2, 0) is 0 Å². The molecule has 0 saturated heterocycles. The molecule has 1 heterocycles. The maximum Gasteiger partial charge on any atom is 0.186 e. The standard InChI is InChI=1S/C10H4ClF3N2/c11-10-8(14)9(15-4-16-10)6-2-1-5(12)3-7(6)13/h1-4H. The number of hydrogen-bond donors (Lipinski definition) is 0. The van der Waals surface area contributed by atoms with Crippen molar-refractivity contribution in [1.29, 1.82) is 0 Å². The largest absolute Gasteiger partial charge is 0.233 e. The highest BCUT2D eigenvalue weighted by atomic mass is 35.5. The van der Waals surface area contributed by atoms with Crippen molar-refractivity contribution >= 4 is 11.6 Å². The molecule has 0 unspecified atom stereocenters. The van der Waals surface area contributed by atoms with Crippen LogP contribution in [0.4, 0.5) is 13.2 Å². The zero-order valence-electron chi connectivity index (χ0n) is 7.72. The van der Waals surface area contributed by atoms with Gasteiger partial charge in [-0.2, -0.15) is 0 Å². The molecule has 0 saturated carbocycles. The average molecular weight is 245 g/mol. The molecule has 0 amide bonds. The van der Waals surface area contributed by atoms with Gasteiger partial charge in [-0.05, 0) is 12.1 Å². The van der Waals surface area contributed by atoms with E-state index in [1.54, 1.807) is 0 Å². The quantitative estimate of drug-likeness (QED) is 0.720. The normalized spacial score (nSPS) is 10.5. The van der Waals surface area contributed by atoms with Crippen molar-refractivity contribution < 1.29 is 13.2 Å². The van der Waals surface area contributed by atoms with E-state index in [4.69, 9.17) is 11.6 Å². The first kappa shape index (κ1) is 10.9. The molecule has 2 nitrogen and oxygen atoms in total. The van der Waals surface area contributed by atoms with Gasteiger partial charge >= 0.3 is 0 Å². The molecule has 82 valence electrons. The molecule has 0 atom stereocenters. The van der Waals surface area contributed by atoms with Crippen molar-refractivity contribution in [2.45, 2.75) is 0 Å². The number of rotatable bonds is 1. The Kier molecular flexibility index (Phi) is 2.78. The maximum absolute atomic E-state index is 13.5. The minimum Gasteiger partial charge on any atom is -0.233 e. The Morgan fingerprint density at radius 2 is 1.81 bits per heavy atom. The molecule has 16 heavy (non-hydrogen) atoms. The Balaban J connectivity index is 2.63. The van der Waals surface area contributed by atoms with Crippen LogP contribution < -0.4 is 0 Å². The van der Waals surface area contributed by atoms with Crippen molar-refractivity contribution in [2.75, 3.05) is 0 Å². The van der Waals surface area contributed by atoms with Crippen LogP contribution in [0.15, 0.2) is 24.5 Å². The fourth-order valence-electron chi connectivity index (χ4n) is 1.22. The van der Waals surface area contributed by atoms with E-state index in [1.165, 1.54) is 0 Å². The molecule has 0 radical (unpaired) electrons. The molecular weight excluding hydrogens is 241 g/mol. The Morgan fingerprint density at radius 1 is 1.06 bits per heavy atom. The van der Waals surface area contributed by atoms with Crippen molar-refractivity contribution in [3.63, 3.8) is 0 Å². The molecule has 0 spiro atoms. The van der Waals surface area contributed by atoms with Gasteiger partial charge in [0.2, 0.25) is 0 Å². The Bertz CT molecular complexity index is 546. The number of halogens is 4. The van der Waals surface area contributed by atoms with Gasteiger partial charge in [0, 0.05) is 11.6 Å². The number of nitrogens with zero attached hydrogens (tertiary/aromatic N) is 2. The van der Waals surface area contributed by atoms with Crippen LogP contribution in [0.1, 0.15) is 0 Å². The molecule has 6 heteroatoms. The molecule has 2 rings (SSSR count). The van der Waals surface area contributed by atoms with Gasteiger partial charge in [0.15, 0.2) is 11.0 Å². The summed E-state index contributed by atoms with van der Waals surface area (Å²) in [7, 11) is 0. The lowest BCUT2D eigenvalue weighted by Crippen LogP contribution is -1.95. The smallest absolute Gasteiger partial charge is 0.186 e. The van der Waals surface area contributed by atoms with Gasteiger partial charge in [-0.3, -0.25) is 0 Å². The second-order valence-electron chi connectivity index (χ2n) is 2.95. The summed E-state index contributed by atoms with van der Waals surface area (Å²) in [6.45, 7) is 0. The van der Waals surface area contributed by atoms with Gasteiger partial charge in [0.05, 0.1) is 0 Å². The molecular formula is C10H4ClF3N2. The van der Waals surface area contributed by atoms with Gasteiger partial charge in [0.1, 0.15) is 23.7 Å². The van der Waals surface area contributed by atoms with Crippen LogP contribution in [-0.4, -0.2) is 9.97 Å². The molecule has 0 aliphatic rings. The van der Waals surface area contributed by atoms with E-state index >= 15 is 0 Å². The first-order valence-electron chi connectivity index (χ1n) is 4.21. The summed E-state index contributed by atoms with van der Waals surface area (Å²) < 4.78 is 39.4. The summed E-state index contributed by atoms with van der Waals surface area (Å²) >= 11 is 5.42. The summed E-state index contributed by atoms with van der Waals surface area (Å²) in [5.41, 5.74) is -0.458. The third-order valence-electron chi connectivity index (χ3n) is 1.93. The number of hydrogen-bond acceptors (Lipinski definition) is 2. The SMILES string of the molecule is Fc1ccc(-c2ncnc(Cl)c2F)c(F)c1. The van der Waals surface area contributed by atoms with Crippen LogP contribution in [0.2, 0.25) is 5.15 Å². The summed E-state index contributed by atoms with van der Waals surface area (Å²) in [6.07, 6.45) is 1.00. The summed E-state index contributed by atoms with van der Waals surface area (Å²) in [5, 5.41) is -0.409. The highest BCUT2D eigenvalue weighted by Gasteiger charge is 2.15. The van der Waals surface area contributed by atoms with Gasteiger partial charge in [0.25, 0.3) is 0 Å². The topological polar surface area (TPSA) is 25.8 Å². The monoisotopic (exact) mass is 244 g/mol. The third kappa shape index (κ3) is 1.86. The predicted molar refractivity (Wildman–Crippen MR) is 52.4 cm³/mol. The Hall–Kier alpha value is -1.62. The minimum atomic E-state index is -0.935. The zero-order chi connectivity index (χ0) is 11.7. The minimum absolute atomic E-state index is 0.164. The molecule has 0 aliphatic carbocycles. The first-order valence-corrected chi connectivity index (χ1v) is 4.59. The summed E-state index contributed by atoms with van der Waals surface area (Å²) in [4.78, 5) is 6.96. The third-order valence-corrected chi connectivity index (χ3v) is 2.20. The highest BCUT2D eigenvalue weighted by Crippen LogP contribution is 2.26. The molecule has 0 N–H and O–H groups in total. The fraction of sp³-hybridized carbons (Fsp3) is 0. The van der Waals surface area contributed by atoms with Crippen molar-refractivity contribution in [3.05, 3.63) is 47.1 Å². The molecule has 1 aromatic heterocycles. The predicted octanol–water partition coefficient (Wildman–Crippen LogP) is 3.21. The van der Waals surface area contributed by atoms with Crippen LogP contribution in [0.25, 0.3) is 11.3 Å². The lowest BCUT2D eigenvalue weighted by Gasteiger charge is -2.04. The molecule has 0 aliphatic heterocycles. The van der Waals surface area contributed by atoms with E-state index < -0.39 is 22.6 Å². The van der Waals surface area contributed by atoms with E-state index in [0.717, 1.165) is 18.5 Å². The van der Waals surface area contributed by atoms with Gasteiger partial charge in [-0.15, -0.1) is 0 Å². The number of aromatic nitrogens is 2. The molecule has 1 aromatic carbocycles. The van der Waals surface area contributed by atoms with Crippen LogP contribution in [0.5, 0.6) is 0 Å². The Morgan fingerprint density at radius 3 is 2.50 bits per heavy atom. The second-order valence-corrected chi connectivity index (χ2v) is 3.31. The molecule has 0 fully saturated rings. The second kappa shape index (κ2) is 4.09. The van der Waals surface area contributed by atoms with E-state index in [9.17, 15) is 13.2 Å². The van der Waals surface area contributed by atoms with Crippen molar-refractivity contribution in [3.8, 4) is 11.3 Å². The first-order chi connectivity index (χ1) is 7.59.